The predicted octanol–water partition coefficient (Wildman–Crippen LogP) is 6.76. The van der Waals surface area contributed by atoms with E-state index in [9.17, 15) is 0 Å². The van der Waals surface area contributed by atoms with Gasteiger partial charge in [0.25, 0.3) is 0 Å². The lowest BCUT2D eigenvalue weighted by Gasteiger charge is -2.27. The number of rotatable bonds is 6. The van der Waals surface area contributed by atoms with E-state index in [4.69, 9.17) is 9.47 Å². The summed E-state index contributed by atoms with van der Waals surface area (Å²) in [5, 5.41) is 7.82. The highest BCUT2D eigenvalue weighted by Crippen LogP contribution is 2.40. The van der Waals surface area contributed by atoms with E-state index < -0.39 is 15.8 Å². The quantitative estimate of drug-likeness (QED) is 0.195. The third-order valence-electron chi connectivity index (χ3n) is 7.93. The summed E-state index contributed by atoms with van der Waals surface area (Å²) in [6.07, 6.45) is 1.55. The summed E-state index contributed by atoms with van der Waals surface area (Å²) in [5.41, 5.74) is 2.41. The standard InChI is InChI=1S/C40H34O2P2/c1-5-17-33(18-6-1)43(34-19-7-2-8-20-34)37-25-13-15-31-27-30-42-40-32(28-29-41-39(31)37)16-14-26-38(40)44(35-21-9-3-10-22-35)36-23-11-4-12-24-36/h1-26H,27-30H2. The minimum Gasteiger partial charge on any atom is -0.492 e. The normalized spacial score (nSPS) is 13.0. The summed E-state index contributed by atoms with van der Waals surface area (Å²) in [5.74, 6) is 2.04. The maximum Gasteiger partial charge on any atom is 0.130 e. The van der Waals surface area contributed by atoms with E-state index in [0.717, 1.165) is 24.3 Å². The lowest BCUT2D eigenvalue weighted by molar-refractivity contribution is 0.289. The largest absolute Gasteiger partial charge is 0.492 e. The van der Waals surface area contributed by atoms with Crippen molar-refractivity contribution in [3.8, 4) is 11.5 Å². The van der Waals surface area contributed by atoms with Crippen molar-refractivity contribution in [2.45, 2.75) is 12.8 Å². The first-order valence-corrected chi connectivity index (χ1v) is 17.8. The predicted molar refractivity (Wildman–Crippen MR) is 189 cm³/mol. The van der Waals surface area contributed by atoms with Crippen LogP contribution in [0.15, 0.2) is 158 Å². The topological polar surface area (TPSA) is 18.5 Å². The molecule has 216 valence electrons. The SMILES string of the molecule is c1ccc(P(c2ccccc2)c2cccc3c2OCCc2cccc(P(c4ccccc4)c4ccccc4)c2OCC3)cc1. The highest BCUT2D eigenvalue weighted by Gasteiger charge is 2.25. The molecule has 6 aromatic carbocycles. The second kappa shape index (κ2) is 13.6. The van der Waals surface area contributed by atoms with Gasteiger partial charge in [0.15, 0.2) is 0 Å². The van der Waals surface area contributed by atoms with Crippen LogP contribution < -0.4 is 41.3 Å². The molecule has 0 amide bonds. The maximum absolute atomic E-state index is 6.81. The Kier molecular flexibility index (Phi) is 8.83. The number of benzene rings is 6. The molecule has 0 fully saturated rings. The van der Waals surface area contributed by atoms with Crippen molar-refractivity contribution in [1.82, 2.24) is 0 Å². The van der Waals surface area contributed by atoms with E-state index in [1.54, 1.807) is 0 Å². The highest BCUT2D eigenvalue weighted by molar-refractivity contribution is 7.80. The van der Waals surface area contributed by atoms with Crippen LogP contribution in [-0.4, -0.2) is 13.2 Å². The molecule has 0 bridgehead atoms. The molecule has 0 aromatic heterocycles. The van der Waals surface area contributed by atoms with Crippen LogP contribution in [0, 0.1) is 0 Å². The van der Waals surface area contributed by atoms with E-state index in [0.29, 0.717) is 13.2 Å². The third kappa shape index (κ3) is 6.07. The monoisotopic (exact) mass is 608 g/mol. The first-order valence-electron chi connectivity index (χ1n) is 15.2. The molecule has 0 N–H and O–H groups in total. The fraction of sp³-hybridized carbons (Fsp3) is 0.100. The number of fused-ring (bicyclic) bond motifs is 2. The maximum atomic E-state index is 6.81. The molecule has 6 aromatic rings. The Bertz CT molecular complexity index is 1590. The summed E-state index contributed by atoms with van der Waals surface area (Å²) in [4.78, 5) is 0. The molecule has 0 aliphatic carbocycles. The van der Waals surface area contributed by atoms with Gasteiger partial charge in [-0.3, -0.25) is 0 Å². The molecule has 0 saturated carbocycles. The van der Waals surface area contributed by atoms with Crippen LogP contribution in [-0.2, 0) is 12.8 Å². The van der Waals surface area contributed by atoms with Gasteiger partial charge in [0, 0.05) is 23.5 Å². The molecule has 2 nitrogen and oxygen atoms in total. The lowest BCUT2D eigenvalue weighted by Crippen LogP contribution is -2.26. The van der Waals surface area contributed by atoms with Gasteiger partial charge in [-0.05, 0) is 48.2 Å². The first kappa shape index (κ1) is 28.5. The Labute approximate surface area is 262 Å². The van der Waals surface area contributed by atoms with Crippen LogP contribution in [0.1, 0.15) is 11.1 Å². The van der Waals surface area contributed by atoms with Gasteiger partial charge in [-0.25, -0.2) is 0 Å². The summed E-state index contributed by atoms with van der Waals surface area (Å²) >= 11 is 0. The number of hydrogen-bond donors (Lipinski definition) is 0. The summed E-state index contributed by atoms with van der Waals surface area (Å²) in [6.45, 7) is 1.18. The van der Waals surface area contributed by atoms with Crippen LogP contribution in [0.25, 0.3) is 0 Å². The molecule has 0 atom stereocenters. The van der Waals surface area contributed by atoms with Gasteiger partial charge >= 0.3 is 0 Å². The van der Waals surface area contributed by atoms with Gasteiger partial charge in [-0.15, -0.1) is 0 Å². The van der Waals surface area contributed by atoms with Crippen molar-refractivity contribution < 1.29 is 9.47 Å². The van der Waals surface area contributed by atoms with Gasteiger partial charge in [0.1, 0.15) is 11.5 Å². The van der Waals surface area contributed by atoms with Crippen molar-refractivity contribution in [2.75, 3.05) is 13.2 Å². The zero-order chi connectivity index (χ0) is 29.6. The number of para-hydroxylation sites is 2. The van der Waals surface area contributed by atoms with Crippen molar-refractivity contribution in [3.05, 3.63) is 169 Å². The van der Waals surface area contributed by atoms with E-state index in [1.165, 1.54) is 43.0 Å². The van der Waals surface area contributed by atoms with Crippen LogP contribution >= 0.6 is 15.8 Å². The van der Waals surface area contributed by atoms with E-state index in [-0.39, 0.29) is 0 Å². The zero-order valence-corrected chi connectivity index (χ0v) is 26.3. The molecular weight excluding hydrogens is 574 g/mol. The molecule has 1 aliphatic heterocycles. The molecule has 1 aliphatic rings. The number of ether oxygens (including phenoxy) is 2. The Balaban J connectivity index is 1.26. The number of hydrogen-bond acceptors (Lipinski definition) is 2. The second-order valence-corrected chi connectivity index (χ2v) is 15.1. The van der Waals surface area contributed by atoms with Gasteiger partial charge in [-0.1, -0.05) is 158 Å². The smallest absolute Gasteiger partial charge is 0.130 e. The summed E-state index contributed by atoms with van der Waals surface area (Å²) in [7, 11) is -1.56. The van der Waals surface area contributed by atoms with Crippen LogP contribution in [0.4, 0.5) is 0 Å². The van der Waals surface area contributed by atoms with Crippen molar-refractivity contribution in [3.63, 3.8) is 0 Å². The zero-order valence-electron chi connectivity index (χ0n) is 24.6. The molecule has 0 saturated heterocycles. The van der Waals surface area contributed by atoms with E-state index in [2.05, 4.69) is 158 Å². The second-order valence-electron chi connectivity index (χ2n) is 10.7. The van der Waals surface area contributed by atoms with Crippen molar-refractivity contribution >= 4 is 47.7 Å². The van der Waals surface area contributed by atoms with Gasteiger partial charge in [0.2, 0.25) is 0 Å². The molecule has 44 heavy (non-hydrogen) atoms. The van der Waals surface area contributed by atoms with E-state index in [1.807, 2.05) is 0 Å². The Morgan fingerprint density at radius 3 is 0.977 bits per heavy atom. The van der Waals surface area contributed by atoms with Gasteiger partial charge < -0.3 is 9.47 Å². The van der Waals surface area contributed by atoms with Crippen LogP contribution in [0.2, 0.25) is 0 Å². The molecule has 1 heterocycles. The van der Waals surface area contributed by atoms with E-state index >= 15 is 0 Å². The minimum absolute atomic E-state index is 0.588. The molecule has 7 rings (SSSR count). The Morgan fingerprint density at radius 1 is 0.341 bits per heavy atom. The van der Waals surface area contributed by atoms with Crippen molar-refractivity contribution in [2.24, 2.45) is 0 Å². The average molecular weight is 609 g/mol. The van der Waals surface area contributed by atoms with Crippen LogP contribution in [0.5, 0.6) is 11.5 Å². The first-order chi connectivity index (χ1) is 21.9. The van der Waals surface area contributed by atoms with Crippen LogP contribution in [0.3, 0.4) is 0 Å². The van der Waals surface area contributed by atoms with Crippen molar-refractivity contribution in [1.29, 1.82) is 0 Å². The third-order valence-corrected chi connectivity index (χ3v) is 12.9. The average Bonchev–Trinajstić information content (AvgIpc) is 3.09. The Hall–Kier alpha value is -4.22. The molecule has 0 spiro atoms. The lowest BCUT2D eigenvalue weighted by atomic mass is 10.1. The summed E-state index contributed by atoms with van der Waals surface area (Å²) in [6, 6.07) is 56.7. The van der Waals surface area contributed by atoms with Gasteiger partial charge in [0.05, 0.1) is 13.2 Å². The fourth-order valence-electron chi connectivity index (χ4n) is 5.91. The molecular formula is C40H34O2P2. The summed E-state index contributed by atoms with van der Waals surface area (Å²) < 4.78 is 13.6. The molecule has 4 heteroatoms. The Morgan fingerprint density at radius 2 is 0.659 bits per heavy atom. The van der Waals surface area contributed by atoms with Gasteiger partial charge in [-0.2, -0.15) is 0 Å². The minimum atomic E-state index is -0.778. The molecule has 0 radical (unpaired) electrons. The molecule has 0 unspecified atom stereocenters. The highest BCUT2D eigenvalue weighted by atomic mass is 31.1. The fourth-order valence-corrected chi connectivity index (χ4v) is 10.8.